The first-order chi connectivity index (χ1) is 13.7. The molecule has 0 aliphatic heterocycles. The molecule has 0 atom stereocenters. The highest BCUT2D eigenvalue weighted by atomic mass is 79.9. The summed E-state index contributed by atoms with van der Waals surface area (Å²) in [5.74, 6) is -2.57. The second-order valence-electron chi connectivity index (χ2n) is 5.80. The van der Waals surface area contributed by atoms with Gasteiger partial charge in [-0.15, -0.1) is 0 Å². The maximum atomic E-state index is 12.7. The van der Waals surface area contributed by atoms with E-state index in [-0.39, 0.29) is 36.0 Å². The summed E-state index contributed by atoms with van der Waals surface area (Å²) in [5, 5.41) is 29.9. The first kappa shape index (κ1) is 21.4. The number of phenols is 3. The van der Waals surface area contributed by atoms with Gasteiger partial charge in [0.05, 0.1) is 14.5 Å². The van der Waals surface area contributed by atoms with Crippen LogP contribution in [0.15, 0.2) is 61.9 Å². The average molecular weight is 587 g/mol. The van der Waals surface area contributed by atoms with Crippen molar-refractivity contribution in [1.29, 1.82) is 0 Å². The smallest absolute Gasteiger partial charge is 0.347 e. The quantitative estimate of drug-likeness (QED) is 0.211. The minimum Gasteiger partial charge on any atom is -0.507 e. The van der Waals surface area contributed by atoms with Gasteiger partial charge < -0.3 is 20.1 Å². The zero-order valence-corrected chi connectivity index (χ0v) is 19.1. The van der Waals surface area contributed by atoms with Crippen molar-refractivity contribution < 1.29 is 29.6 Å². The molecule has 0 saturated heterocycles. The van der Waals surface area contributed by atoms with Crippen molar-refractivity contribution in [3.63, 3.8) is 0 Å². The van der Waals surface area contributed by atoms with Crippen LogP contribution < -0.4 is 4.74 Å². The van der Waals surface area contributed by atoms with Crippen molar-refractivity contribution in [1.82, 2.24) is 0 Å². The van der Waals surface area contributed by atoms with E-state index in [1.54, 1.807) is 30.3 Å². The molecule has 3 rings (SSSR count). The molecule has 3 aromatic carbocycles. The lowest BCUT2D eigenvalue weighted by atomic mass is 10.0. The summed E-state index contributed by atoms with van der Waals surface area (Å²) in [4.78, 5) is 25.1. The van der Waals surface area contributed by atoms with E-state index in [0.29, 0.717) is 5.56 Å². The van der Waals surface area contributed by atoms with Crippen molar-refractivity contribution in [2.24, 2.45) is 0 Å². The Morgan fingerprint density at radius 2 is 1.41 bits per heavy atom. The fourth-order valence-electron chi connectivity index (χ4n) is 2.46. The van der Waals surface area contributed by atoms with Gasteiger partial charge in [-0.05, 0) is 59.9 Å². The Kier molecular flexibility index (Phi) is 6.30. The largest absolute Gasteiger partial charge is 0.507 e. The summed E-state index contributed by atoms with van der Waals surface area (Å²) in [6.07, 6.45) is 0. The van der Waals surface area contributed by atoms with Gasteiger partial charge in [-0.3, -0.25) is 4.79 Å². The number of carbonyl (C=O) groups excluding carboxylic acids is 2. The molecule has 0 spiro atoms. The molecule has 0 saturated carbocycles. The van der Waals surface area contributed by atoms with Gasteiger partial charge in [0.25, 0.3) is 0 Å². The number of carbonyl (C=O) groups is 2. The maximum Gasteiger partial charge on any atom is 0.347 e. The summed E-state index contributed by atoms with van der Waals surface area (Å²) in [7, 11) is 0. The highest BCUT2D eigenvalue weighted by Gasteiger charge is 2.25. The molecule has 6 nitrogen and oxygen atoms in total. The topological polar surface area (TPSA) is 104 Å². The van der Waals surface area contributed by atoms with Crippen LogP contribution in [-0.4, -0.2) is 27.1 Å². The summed E-state index contributed by atoms with van der Waals surface area (Å²) in [5.41, 5.74) is 0.174. The molecule has 0 heterocycles. The van der Waals surface area contributed by atoms with Crippen LogP contribution in [0.2, 0.25) is 0 Å². The molecule has 0 aliphatic carbocycles. The molecule has 0 amide bonds. The number of aromatic hydroxyl groups is 3. The van der Waals surface area contributed by atoms with E-state index in [0.717, 1.165) is 6.07 Å². The number of ketones is 1. The van der Waals surface area contributed by atoms with E-state index in [9.17, 15) is 24.9 Å². The van der Waals surface area contributed by atoms with Crippen molar-refractivity contribution in [2.45, 2.75) is 0 Å². The minimum absolute atomic E-state index is 0.00461. The van der Waals surface area contributed by atoms with Crippen molar-refractivity contribution >= 4 is 59.5 Å². The highest BCUT2D eigenvalue weighted by Crippen LogP contribution is 2.43. The fraction of sp³-hybridized carbons (Fsp3) is 0. The van der Waals surface area contributed by atoms with Crippen LogP contribution in [-0.2, 0) is 0 Å². The zero-order valence-electron chi connectivity index (χ0n) is 14.3. The molecular formula is C20H11Br3O6. The number of benzene rings is 3. The third-order valence-corrected chi connectivity index (χ3v) is 5.87. The van der Waals surface area contributed by atoms with Gasteiger partial charge in [0.1, 0.15) is 27.3 Å². The lowest BCUT2D eigenvalue weighted by Gasteiger charge is -2.14. The Morgan fingerprint density at radius 1 is 0.793 bits per heavy atom. The number of esters is 1. The van der Waals surface area contributed by atoms with Crippen LogP contribution in [0.25, 0.3) is 0 Å². The van der Waals surface area contributed by atoms with Crippen LogP contribution >= 0.6 is 47.8 Å². The van der Waals surface area contributed by atoms with Crippen molar-refractivity contribution in [2.75, 3.05) is 0 Å². The fourth-order valence-corrected chi connectivity index (χ4v) is 4.09. The molecule has 0 fully saturated rings. The monoisotopic (exact) mass is 584 g/mol. The number of halogens is 3. The normalized spacial score (nSPS) is 10.6. The second-order valence-corrected chi connectivity index (χ2v) is 8.30. The molecule has 9 heteroatoms. The number of ether oxygens (including phenoxy) is 1. The van der Waals surface area contributed by atoms with Gasteiger partial charge in [-0.25, -0.2) is 4.79 Å². The van der Waals surface area contributed by atoms with E-state index in [2.05, 4.69) is 47.8 Å². The van der Waals surface area contributed by atoms with Gasteiger partial charge >= 0.3 is 5.97 Å². The molecule has 0 unspecified atom stereocenters. The molecule has 148 valence electrons. The summed E-state index contributed by atoms with van der Waals surface area (Å²) in [6.45, 7) is 0. The minimum atomic E-state index is -0.939. The predicted molar refractivity (Wildman–Crippen MR) is 116 cm³/mol. The average Bonchev–Trinajstić information content (AvgIpc) is 2.70. The van der Waals surface area contributed by atoms with Crippen molar-refractivity contribution in [3.05, 3.63) is 78.6 Å². The van der Waals surface area contributed by atoms with E-state index >= 15 is 0 Å². The first-order valence-electron chi connectivity index (χ1n) is 7.95. The predicted octanol–water partition coefficient (Wildman–Crippen LogP) is 5.54. The van der Waals surface area contributed by atoms with E-state index < -0.39 is 23.3 Å². The van der Waals surface area contributed by atoms with Crippen LogP contribution in [0.1, 0.15) is 26.3 Å². The lowest BCUT2D eigenvalue weighted by molar-refractivity contribution is 0.0729. The number of phenolic OH excluding ortho intramolecular Hbond substituents is 3. The van der Waals surface area contributed by atoms with Crippen molar-refractivity contribution in [3.8, 4) is 23.0 Å². The standard InChI is InChI=1S/C20H11Br3O6/c21-12-6-10(14(24)8-15(12)25)20(28)29-19-13(22)7-11(18(27)16(19)23)17(26)9-4-2-1-3-5-9/h1-8,24-25,27H. The Morgan fingerprint density at radius 3 is 2.07 bits per heavy atom. The molecule has 0 radical (unpaired) electrons. The summed E-state index contributed by atoms with van der Waals surface area (Å²) < 4.78 is 5.69. The van der Waals surface area contributed by atoms with Gasteiger partial charge in [-0.1, -0.05) is 30.3 Å². The molecule has 3 aromatic rings. The van der Waals surface area contributed by atoms with Crippen LogP contribution in [0, 0.1) is 0 Å². The number of hydrogen-bond acceptors (Lipinski definition) is 6. The third kappa shape index (κ3) is 4.31. The summed E-state index contributed by atoms with van der Waals surface area (Å²) in [6, 6.07) is 11.9. The van der Waals surface area contributed by atoms with E-state index in [1.807, 2.05) is 0 Å². The molecule has 0 aromatic heterocycles. The molecular weight excluding hydrogens is 576 g/mol. The van der Waals surface area contributed by atoms with E-state index in [4.69, 9.17) is 4.74 Å². The Labute approximate surface area is 190 Å². The molecule has 29 heavy (non-hydrogen) atoms. The van der Waals surface area contributed by atoms with Gasteiger partial charge in [0.2, 0.25) is 0 Å². The second kappa shape index (κ2) is 8.56. The van der Waals surface area contributed by atoms with Crippen LogP contribution in [0.4, 0.5) is 0 Å². The molecule has 0 aliphatic rings. The van der Waals surface area contributed by atoms with Gasteiger partial charge in [-0.2, -0.15) is 0 Å². The van der Waals surface area contributed by atoms with Crippen LogP contribution in [0.5, 0.6) is 23.0 Å². The Bertz CT molecular complexity index is 1130. The Balaban J connectivity index is 1.98. The SMILES string of the molecule is O=C(Oc1c(Br)cc(C(=O)c2ccccc2)c(O)c1Br)c1cc(Br)c(O)cc1O. The number of rotatable bonds is 4. The van der Waals surface area contributed by atoms with E-state index in [1.165, 1.54) is 12.1 Å². The summed E-state index contributed by atoms with van der Waals surface area (Å²) >= 11 is 9.44. The van der Waals surface area contributed by atoms with Crippen LogP contribution in [0.3, 0.4) is 0 Å². The Hall–Kier alpha value is -2.36. The van der Waals surface area contributed by atoms with Gasteiger partial charge in [0.15, 0.2) is 11.5 Å². The lowest BCUT2D eigenvalue weighted by Crippen LogP contribution is -2.11. The third-order valence-electron chi connectivity index (χ3n) is 3.91. The molecule has 0 bridgehead atoms. The maximum absolute atomic E-state index is 12.7. The first-order valence-corrected chi connectivity index (χ1v) is 10.3. The number of hydrogen-bond donors (Lipinski definition) is 3. The molecule has 3 N–H and O–H groups in total. The zero-order chi connectivity index (χ0) is 21.3. The highest BCUT2D eigenvalue weighted by molar-refractivity contribution is 9.11. The van der Waals surface area contributed by atoms with Gasteiger partial charge in [0, 0.05) is 11.6 Å².